The van der Waals surface area contributed by atoms with Crippen molar-refractivity contribution in [2.24, 2.45) is 0 Å². The number of benzene rings is 1. The van der Waals surface area contributed by atoms with Gasteiger partial charge in [-0.2, -0.15) is 5.10 Å². The number of carboxylic acid groups (broad SMARTS) is 1. The van der Waals surface area contributed by atoms with E-state index >= 15 is 0 Å². The van der Waals surface area contributed by atoms with Crippen molar-refractivity contribution in [2.75, 3.05) is 11.9 Å². The highest BCUT2D eigenvalue weighted by Gasteiger charge is 2.19. The summed E-state index contributed by atoms with van der Waals surface area (Å²) >= 11 is 0. The molecule has 11 heteroatoms. The molecule has 0 saturated carbocycles. The molecule has 2 heterocycles. The predicted molar refractivity (Wildman–Crippen MR) is 123 cm³/mol. The molecule has 0 radical (unpaired) electrons. The van der Waals surface area contributed by atoms with Crippen molar-refractivity contribution in [1.82, 2.24) is 19.9 Å². The largest absolute Gasteiger partial charge is 0.489 e. The van der Waals surface area contributed by atoms with Gasteiger partial charge in [0, 0.05) is 11.8 Å². The Balaban J connectivity index is 1.72. The van der Waals surface area contributed by atoms with Crippen LogP contribution in [0.5, 0.6) is 5.75 Å². The van der Waals surface area contributed by atoms with E-state index < -0.39 is 35.6 Å². The van der Waals surface area contributed by atoms with E-state index in [4.69, 9.17) is 9.47 Å². The summed E-state index contributed by atoms with van der Waals surface area (Å²) in [6.45, 7) is 9.07. The van der Waals surface area contributed by atoms with Gasteiger partial charge in [-0.25, -0.2) is 23.5 Å². The van der Waals surface area contributed by atoms with Crippen molar-refractivity contribution < 1.29 is 28.6 Å². The fraction of sp³-hybridized carbons (Fsp3) is 0.391. The summed E-state index contributed by atoms with van der Waals surface area (Å²) < 4.78 is 26.6. The van der Waals surface area contributed by atoms with E-state index in [2.05, 4.69) is 20.7 Å². The Morgan fingerprint density at radius 2 is 1.97 bits per heavy atom. The van der Waals surface area contributed by atoms with Crippen LogP contribution in [0.1, 0.15) is 56.6 Å². The molecule has 0 aliphatic heterocycles. The molecule has 1 aromatic carbocycles. The van der Waals surface area contributed by atoms with E-state index in [1.165, 1.54) is 28.9 Å². The maximum Gasteiger partial charge on any atom is 0.407 e. The quantitative estimate of drug-likeness (QED) is 0.448. The third kappa shape index (κ3) is 6.33. The zero-order chi connectivity index (χ0) is 25.0. The molecule has 0 fully saturated rings. The van der Waals surface area contributed by atoms with Gasteiger partial charge in [-0.05, 0) is 58.9 Å². The zero-order valence-corrected chi connectivity index (χ0v) is 19.6. The molecular formula is C23H28FN5O5. The number of hydrogen-bond acceptors (Lipinski definition) is 7. The molecule has 3 N–H and O–H groups in total. The summed E-state index contributed by atoms with van der Waals surface area (Å²) in [4.78, 5) is 27.6. The molecule has 34 heavy (non-hydrogen) atoms. The average molecular weight is 474 g/mol. The fourth-order valence-corrected chi connectivity index (χ4v) is 3.16. The van der Waals surface area contributed by atoms with Gasteiger partial charge in [-0.3, -0.25) is 0 Å². The third-order valence-electron chi connectivity index (χ3n) is 4.66. The van der Waals surface area contributed by atoms with Crippen molar-refractivity contribution in [3.63, 3.8) is 0 Å². The van der Waals surface area contributed by atoms with Crippen LogP contribution >= 0.6 is 0 Å². The fourth-order valence-electron chi connectivity index (χ4n) is 3.16. The smallest absolute Gasteiger partial charge is 0.407 e. The first-order valence-corrected chi connectivity index (χ1v) is 10.7. The number of rotatable bonds is 8. The minimum absolute atomic E-state index is 0.0302. The number of alkyl carbamates (subject to hydrolysis) is 1. The Morgan fingerprint density at radius 1 is 1.24 bits per heavy atom. The lowest BCUT2D eigenvalue weighted by atomic mass is 10.1. The third-order valence-corrected chi connectivity index (χ3v) is 4.66. The van der Waals surface area contributed by atoms with Crippen molar-refractivity contribution in [3.05, 3.63) is 53.6 Å². The lowest BCUT2D eigenvalue weighted by Crippen LogP contribution is -2.37. The normalized spacial score (nSPS) is 13.2. The minimum atomic E-state index is -1.14. The highest BCUT2D eigenvalue weighted by Crippen LogP contribution is 2.29. The summed E-state index contributed by atoms with van der Waals surface area (Å²) in [7, 11) is 0. The maximum absolute atomic E-state index is 14.1. The molecule has 0 saturated heterocycles. The van der Waals surface area contributed by atoms with Gasteiger partial charge in [0.1, 0.15) is 34.7 Å². The number of carboxylic acids is 1. The molecule has 3 rings (SSSR count). The van der Waals surface area contributed by atoms with Crippen molar-refractivity contribution >= 4 is 23.5 Å². The Bertz CT molecular complexity index is 1190. The molecule has 3 aromatic rings. The van der Waals surface area contributed by atoms with Crippen LogP contribution in [-0.2, 0) is 4.74 Å². The number of fused-ring (bicyclic) bond motifs is 1. The van der Waals surface area contributed by atoms with Gasteiger partial charge in [0.25, 0.3) is 0 Å². The molecule has 0 bridgehead atoms. The summed E-state index contributed by atoms with van der Waals surface area (Å²) in [5.41, 5.74) is 0.0657. The molecular weight excluding hydrogens is 445 g/mol. The Kier molecular flexibility index (Phi) is 7.23. The standard InChI is InChI=1S/C23H28FN5O5/c1-13(11-25-22(32)34-23(3,4)5)33-18-7-6-15(24)10-16(18)14(2)27-19-8-9-29-20(28-19)17(12-26-29)21(30)31/h6-10,12-14H,11H2,1-5H3,(H,25,32)(H,27,28)(H,30,31)/t13?,14-/m1/s1. The number of aromatic nitrogens is 3. The Labute approximate surface area is 196 Å². The van der Waals surface area contributed by atoms with Crippen LogP contribution in [0.2, 0.25) is 0 Å². The van der Waals surface area contributed by atoms with Gasteiger partial charge in [0.15, 0.2) is 5.65 Å². The van der Waals surface area contributed by atoms with Gasteiger partial charge < -0.3 is 25.2 Å². The number of aromatic carboxylic acids is 1. The van der Waals surface area contributed by atoms with Gasteiger partial charge in [0.2, 0.25) is 0 Å². The number of hydrogen-bond donors (Lipinski definition) is 3. The van der Waals surface area contributed by atoms with Crippen molar-refractivity contribution in [1.29, 1.82) is 0 Å². The van der Waals surface area contributed by atoms with Gasteiger partial charge in [-0.1, -0.05) is 0 Å². The number of halogens is 1. The number of ether oxygens (including phenoxy) is 2. The number of carbonyl (C=O) groups excluding carboxylic acids is 1. The zero-order valence-electron chi connectivity index (χ0n) is 19.6. The first kappa shape index (κ1) is 24.7. The highest BCUT2D eigenvalue weighted by atomic mass is 19.1. The molecule has 0 aliphatic carbocycles. The first-order valence-electron chi connectivity index (χ1n) is 10.7. The van der Waals surface area contributed by atoms with Crippen molar-refractivity contribution in [2.45, 2.75) is 52.4 Å². The number of nitrogens with zero attached hydrogens (tertiary/aromatic N) is 3. The number of anilines is 1. The van der Waals surface area contributed by atoms with Crippen LogP contribution < -0.4 is 15.4 Å². The second-order valence-corrected chi connectivity index (χ2v) is 8.80. The SMILES string of the molecule is CC(CNC(=O)OC(C)(C)C)Oc1ccc(F)cc1[C@@H](C)Nc1ccn2ncc(C(=O)O)c2n1. The Morgan fingerprint density at radius 3 is 2.65 bits per heavy atom. The summed E-state index contributed by atoms with van der Waals surface area (Å²) in [6.07, 6.45) is 1.82. The van der Waals surface area contributed by atoms with Crippen molar-refractivity contribution in [3.8, 4) is 5.75 Å². The molecule has 1 amide bonds. The molecule has 182 valence electrons. The van der Waals surface area contributed by atoms with Crippen LogP contribution in [0.25, 0.3) is 5.65 Å². The lowest BCUT2D eigenvalue weighted by molar-refractivity contribution is 0.0504. The second-order valence-electron chi connectivity index (χ2n) is 8.80. The van der Waals surface area contributed by atoms with Gasteiger partial charge in [-0.15, -0.1) is 0 Å². The minimum Gasteiger partial charge on any atom is -0.489 e. The molecule has 2 atom stereocenters. The molecule has 1 unspecified atom stereocenters. The number of nitrogens with one attached hydrogen (secondary N) is 2. The molecule has 0 aliphatic rings. The maximum atomic E-state index is 14.1. The van der Waals surface area contributed by atoms with Gasteiger partial charge in [0.05, 0.1) is 18.8 Å². The highest BCUT2D eigenvalue weighted by molar-refractivity contribution is 5.94. The monoisotopic (exact) mass is 473 g/mol. The van der Waals surface area contributed by atoms with Crippen LogP contribution in [0.15, 0.2) is 36.7 Å². The summed E-state index contributed by atoms with van der Waals surface area (Å²) in [6, 6.07) is 5.34. The second kappa shape index (κ2) is 9.94. The van der Waals surface area contributed by atoms with E-state index in [1.54, 1.807) is 46.9 Å². The van der Waals surface area contributed by atoms with Crippen LogP contribution in [0.4, 0.5) is 15.0 Å². The van der Waals surface area contributed by atoms with E-state index in [9.17, 15) is 19.1 Å². The van der Waals surface area contributed by atoms with E-state index in [-0.39, 0.29) is 17.8 Å². The number of amides is 1. The topological polar surface area (TPSA) is 127 Å². The predicted octanol–water partition coefficient (Wildman–Crippen LogP) is 4.03. The molecule has 10 nitrogen and oxygen atoms in total. The van der Waals surface area contributed by atoms with E-state index in [0.29, 0.717) is 17.1 Å². The first-order chi connectivity index (χ1) is 15.9. The van der Waals surface area contributed by atoms with Gasteiger partial charge >= 0.3 is 12.1 Å². The number of carbonyl (C=O) groups is 2. The lowest BCUT2D eigenvalue weighted by Gasteiger charge is -2.23. The van der Waals surface area contributed by atoms with Crippen LogP contribution in [0, 0.1) is 5.82 Å². The van der Waals surface area contributed by atoms with E-state index in [0.717, 1.165) is 0 Å². The average Bonchev–Trinajstić information content (AvgIpc) is 3.16. The molecule has 2 aromatic heterocycles. The van der Waals surface area contributed by atoms with Crippen LogP contribution in [0.3, 0.4) is 0 Å². The summed E-state index contributed by atoms with van der Waals surface area (Å²) in [5.74, 6) is -0.764. The van der Waals surface area contributed by atoms with Crippen LogP contribution in [-0.4, -0.2) is 50.0 Å². The Hall–Kier alpha value is -3.89. The summed E-state index contributed by atoms with van der Waals surface area (Å²) in [5, 5.41) is 19.1. The van der Waals surface area contributed by atoms with E-state index in [1.807, 2.05) is 0 Å². The molecule has 0 spiro atoms.